The molecule has 3 rings (SSSR count). The summed E-state index contributed by atoms with van der Waals surface area (Å²) in [4.78, 5) is 16.6. The minimum absolute atomic E-state index is 0.0464. The summed E-state index contributed by atoms with van der Waals surface area (Å²) in [5.41, 5.74) is 2.20. The van der Waals surface area contributed by atoms with E-state index in [0.717, 1.165) is 5.56 Å². The third-order valence-electron chi connectivity index (χ3n) is 4.92. The lowest BCUT2D eigenvalue weighted by molar-refractivity contribution is -0.126. The Morgan fingerprint density at radius 1 is 1.30 bits per heavy atom. The van der Waals surface area contributed by atoms with E-state index in [-0.39, 0.29) is 23.4 Å². The highest BCUT2D eigenvalue weighted by molar-refractivity contribution is 7.89. The van der Waals surface area contributed by atoms with Gasteiger partial charge in [-0.3, -0.25) is 4.79 Å². The molecule has 7 nitrogen and oxygen atoms in total. The van der Waals surface area contributed by atoms with Crippen LogP contribution in [0.2, 0.25) is 0 Å². The van der Waals surface area contributed by atoms with Crippen LogP contribution in [0.15, 0.2) is 41.8 Å². The van der Waals surface area contributed by atoms with Gasteiger partial charge in [-0.2, -0.15) is 4.31 Å². The van der Waals surface area contributed by atoms with Gasteiger partial charge >= 0.3 is 0 Å². The van der Waals surface area contributed by atoms with Gasteiger partial charge in [-0.25, -0.2) is 13.4 Å². The van der Waals surface area contributed by atoms with E-state index in [9.17, 15) is 13.2 Å². The number of amides is 1. The Labute approximate surface area is 160 Å². The second kappa shape index (κ2) is 8.22. The number of carbonyl (C=O) groups excluding carboxylic acids is 1. The fourth-order valence-electron chi connectivity index (χ4n) is 3.19. The Bertz CT molecular complexity index is 890. The van der Waals surface area contributed by atoms with Crippen molar-refractivity contribution in [3.8, 4) is 0 Å². The van der Waals surface area contributed by atoms with Gasteiger partial charge in [0.2, 0.25) is 5.91 Å². The molecule has 2 aromatic rings. The number of imidazole rings is 1. The fraction of sp³-hybridized carbons (Fsp3) is 0.474. The van der Waals surface area contributed by atoms with Gasteiger partial charge in [-0.15, -0.1) is 0 Å². The van der Waals surface area contributed by atoms with E-state index in [1.807, 2.05) is 38.1 Å². The van der Waals surface area contributed by atoms with Gasteiger partial charge in [-0.05, 0) is 32.3 Å². The number of aryl methyl sites for hydroxylation is 2. The number of rotatable bonds is 6. The molecule has 1 atom stereocenters. The monoisotopic (exact) mass is 390 g/mol. The summed E-state index contributed by atoms with van der Waals surface area (Å²) in [6.45, 7) is 5.66. The molecule has 8 heteroatoms. The van der Waals surface area contributed by atoms with Gasteiger partial charge in [0.05, 0.1) is 12.2 Å². The molecule has 1 aliphatic heterocycles. The fourth-order valence-corrected chi connectivity index (χ4v) is 4.65. The molecule has 2 heterocycles. The normalized spacial score (nSPS) is 18.4. The topological polar surface area (TPSA) is 84.3 Å². The number of nitrogens with zero attached hydrogens (tertiary/aromatic N) is 3. The molecule has 1 aromatic heterocycles. The van der Waals surface area contributed by atoms with Crippen molar-refractivity contribution in [1.29, 1.82) is 0 Å². The zero-order valence-corrected chi connectivity index (χ0v) is 16.6. The highest BCUT2D eigenvalue weighted by atomic mass is 32.2. The number of hydrogen-bond donors (Lipinski definition) is 1. The molecule has 146 valence electrons. The molecule has 0 radical (unpaired) electrons. The first kappa shape index (κ1) is 19.6. The molecule has 0 bridgehead atoms. The van der Waals surface area contributed by atoms with E-state index in [4.69, 9.17) is 0 Å². The van der Waals surface area contributed by atoms with Crippen molar-refractivity contribution in [1.82, 2.24) is 19.2 Å². The zero-order valence-electron chi connectivity index (χ0n) is 15.8. The Morgan fingerprint density at radius 3 is 2.70 bits per heavy atom. The number of sulfonamides is 1. The average molecular weight is 391 g/mol. The zero-order chi connectivity index (χ0) is 19.4. The van der Waals surface area contributed by atoms with E-state index in [0.29, 0.717) is 32.5 Å². The minimum Gasteiger partial charge on any atom is -0.352 e. The molecule has 1 N–H and O–H groups in total. The molecular weight excluding hydrogens is 364 g/mol. The van der Waals surface area contributed by atoms with Crippen LogP contribution in [0.3, 0.4) is 0 Å². The van der Waals surface area contributed by atoms with E-state index < -0.39 is 10.0 Å². The maximum atomic E-state index is 12.8. The third-order valence-corrected chi connectivity index (χ3v) is 6.67. The summed E-state index contributed by atoms with van der Waals surface area (Å²) < 4.78 is 28.7. The first-order valence-electron chi connectivity index (χ1n) is 9.25. The molecule has 1 saturated heterocycles. The lowest BCUT2D eigenvalue weighted by Crippen LogP contribution is -2.45. The van der Waals surface area contributed by atoms with Gasteiger partial charge in [-0.1, -0.05) is 29.8 Å². The van der Waals surface area contributed by atoms with Gasteiger partial charge in [0, 0.05) is 32.4 Å². The largest absolute Gasteiger partial charge is 0.352 e. The van der Waals surface area contributed by atoms with Crippen LogP contribution >= 0.6 is 0 Å². The number of aromatic nitrogens is 2. The Hall–Kier alpha value is -2.19. The lowest BCUT2D eigenvalue weighted by atomic mass is 9.98. The summed E-state index contributed by atoms with van der Waals surface area (Å²) in [6, 6.07) is 7.98. The molecule has 1 amide bonds. The van der Waals surface area contributed by atoms with Crippen LogP contribution in [0.4, 0.5) is 0 Å². The molecule has 27 heavy (non-hydrogen) atoms. The molecule has 1 fully saturated rings. The third kappa shape index (κ3) is 4.56. The molecule has 0 saturated carbocycles. The second-order valence-corrected chi connectivity index (χ2v) is 8.83. The van der Waals surface area contributed by atoms with Crippen molar-refractivity contribution >= 4 is 15.9 Å². The number of hydrogen-bond acceptors (Lipinski definition) is 4. The van der Waals surface area contributed by atoms with Crippen LogP contribution in [0.25, 0.3) is 0 Å². The predicted molar refractivity (Wildman–Crippen MR) is 102 cm³/mol. The van der Waals surface area contributed by atoms with Crippen LogP contribution < -0.4 is 5.32 Å². The first-order valence-corrected chi connectivity index (χ1v) is 10.7. The Kier molecular flexibility index (Phi) is 5.96. The Balaban J connectivity index is 1.62. The molecule has 0 spiro atoms. The van der Waals surface area contributed by atoms with Crippen molar-refractivity contribution < 1.29 is 13.2 Å². The van der Waals surface area contributed by atoms with E-state index >= 15 is 0 Å². The van der Waals surface area contributed by atoms with Crippen molar-refractivity contribution in [2.45, 2.75) is 44.8 Å². The van der Waals surface area contributed by atoms with Crippen LogP contribution in [0.5, 0.6) is 0 Å². The number of benzene rings is 1. The number of nitrogens with one attached hydrogen (secondary N) is 1. The van der Waals surface area contributed by atoms with Crippen LogP contribution in [-0.4, -0.2) is 41.3 Å². The minimum atomic E-state index is -3.67. The number of piperidine rings is 1. The summed E-state index contributed by atoms with van der Waals surface area (Å²) in [6.07, 6.45) is 4.41. The summed E-state index contributed by atoms with van der Waals surface area (Å²) in [5.74, 6) is -0.443. The number of carbonyl (C=O) groups is 1. The average Bonchev–Trinajstić information content (AvgIpc) is 3.17. The Morgan fingerprint density at radius 2 is 2.04 bits per heavy atom. The van der Waals surface area contributed by atoms with Crippen LogP contribution in [0.1, 0.15) is 30.9 Å². The SMILES string of the molecule is CCn1cnc(S(=O)(=O)N2CCC[C@@H](C(=O)NCc3ccc(C)cc3)C2)c1. The lowest BCUT2D eigenvalue weighted by Gasteiger charge is -2.30. The quantitative estimate of drug-likeness (QED) is 0.817. The van der Waals surface area contributed by atoms with Gasteiger partial charge in [0.1, 0.15) is 0 Å². The van der Waals surface area contributed by atoms with E-state index in [1.165, 1.54) is 22.4 Å². The summed E-state index contributed by atoms with van der Waals surface area (Å²) in [5, 5.41) is 2.98. The highest BCUT2D eigenvalue weighted by Gasteiger charge is 2.34. The molecule has 0 unspecified atom stereocenters. The van der Waals surface area contributed by atoms with Crippen molar-refractivity contribution in [2.75, 3.05) is 13.1 Å². The van der Waals surface area contributed by atoms with Crippen LogP contribution in [-0.2, 0) is 27.9 Å². The van der Waals surface area contributed by atoms with Gasteiger partial charge in [0.25, 0.3) is 10.0 Å². The van der Waals surface area contributed by atoms with E-state index in [1.54, 1.807) is 4.57 Å². The van der Waals surface area contributed by atoms with Crippen molar-refractivity contribution in [3.63, 3.8) is 0 Å². The van der Waals surface area contributed by atoms with E-state index in [2.05, 4.69) is 10.3 Å². The smallest absolute Gasteiger partial charge is 0.262 e. The van der Waals surface area contributed by atoms with Crippen molar-refractivity contribution in [2.24, 2.45) is 5.92 Å². The molecule has 1 aliphatic rings. The standard InChI is InChI=1S/C19H26N4O3S/c1-3-22-13-18(21-14-22)27(25,26)23-10-4-5-17(12-23)19(24)20-11-16-8-6-15(2)7-9-16/h6-9,13-14,17H,3-5,10-12H2,1-2H3,(H,20,24)/t17-/m1/s1. The molecular formula is C19H26N4O3S. The maximum Gasteiger partial charge on any atom is 0.262 e. The van der Waals surface area contributed by atoms with Crippen molar-refractivity contribution in [3.05, 3.63) is 47.9 Å². The maximum absolute atomic E-state index is 12.8. The molecule has 0 aliphatic carbocycles. The van der Waals surface area contributed by atoms with Gasteiger partial charge in [0.15, 0.2) is 5.03 Å². The van der Waals surface area contributed by atoms with Gasteiger partial charge < -0.3 is 9.88 Å². The van der Waals surface area contributed by atoms with Crippen LogP contribution in [0, 0.1) is 12.8 Å². The summed E-state index contributed by atoms with van der Waals surface area (Å²) in [7, 11) is -3.67. The molecule has 1 aromatic carbocycles. The predicted octanol–water partition coefficient (Wildman–Crippen LogP) is 1.93. The summed E-state index contributed by atoms with van der Waals surface area (Å²) >= 11 is 0. The highest BCUT2D eigenvalue weighted by Crippen LogP contribution is 2.23. The second-order valence-electron chi connectivity index (χ2n) is 6.95. The first-order chi connectivity index (χ1) is 12.9.